The maximum atomic E-state index is 12.0. The number of benzene rings is 1. The van der Waals surface area contributed by atoms with Gasteiger partial charge in [0.15, 0.2) is 0 Å². The summed E-state index contributed by atoms with van der Waals surface area (Å²) in [6.45, 7) is 3.97. The van der Waals surface area contributed by atoms with Crippen molar-refractivity contribution >= 4 is 27.7 Å². The fourth-order valence-electron chi connectivity index (χ4n) is 1.83. The highest BCUT2D eigenvalue weighted by molar-refractivity contribution is 9.10. The lowest BCUT2D eigenvalue weighted by Gasteiger charge is -2.28. The first-order valence-corrected chi connectivity index (χ1v) is 7.04. The van der Waals surface area contributed by atoms with Crippen LogP contribution in [0.15, 0.2) is 28.7 Å². The fourth-order valence-corrected chi connectivity index (χ4v) is 2.27. The Morgan fingerprint density at radius 1 is 1.42 bits per heavy atom. The van der Waals surface area contributed by atoms with Crippen LogP contribution in [-0.4, -0.2) is 29.8 Å². The number of amides is 2. The minimum atomic E-state index is -0.476. The monoisotopic (exact) mass is 326 g/mol. The lowest BCUT2D eigenvalue weighted by Crippen LogP contribution is -2.46. The zero-order valence-electron chi connectivity index (χ0n) is 11.4. The average Bonchev–Trinajstić information content (AvgIpc) is 2.42. The van der Waals surface area contributed by atoms with E-state index in [1.807, 2.05) is 24.3 Å². The summed E-state index contributed by atoms with van der Waals surface area (Å²) in [7, 11) is 1.58. The number of nitrogens with one attached hydrogen (secondary N) is 1. The van der Waals surface area contributed by atoms with Gasteiger partial charge in [0.1, 0.15) is 6.04 Å². The number of hydrogen-bond donors (Lipinski definition) is 1. The largest absolute Gasteiger partial charge is 0.357 e. The van der Waals surface area contributed by atoms with E-state index in [4.69, 9.17) is 0 Å². The molecular weight excluding hydrogens is 308 g/mol. The SMILES string of the molecule is CCC(=O)N(Cc1cccc(Br)c1)C(C)C(=O)NC. The van der Waals surface area contributed by atoms with Crippen LogP contribution in [0.3, 0.4) is 0 Å². The third-order valence-electron chi connectivity index (χ3n) is 2.96. The molecule has 5 heteroatoms. The van der Waals surface area contributed by atoms with Crippen molar-refractivity contribution in [3.8, 4) is 0 Å². The second-order valence-electron chi connectivity index (χ2n) is 4.30. The predicted octanol–water partition coefficient (Wildman–Crippen LogP) is 2.32. The molecule has 0 heterocycles. The van der Waals surface area contributed by atoms with Crippen LogP contribution in [0.4, 0.5) is 0 Å². The molecule has 0 aliphatic carbocycles. The van der Waals surface area contributed by atoms with Gasteiger partial charge in [-0.05, 0) is 24.6 Å². The van der Waals surface area contributed by atoms with Crippen LogP contribution in [0.2, 0.25) is 0 Å². The minimum Gasteiger partial charge on any atom is -0.357 e. The van der Waals surface area contributed by atoms with Crippen LogP contribution in [-0.2, 0) is 16.1 Å². The van der Waals surface area contributed by atoms with Crippen molar-refractivity contribution in [2.45, 2.75) is 32.9 Å². The molecule has 1 aromatic carbocycles. The molecule has 0 saturated carbocycles. The van der Waals surface area contributed by atoms with Crippen LogP contribution >= 0.6 is 15.9 Å². The predicted molar refractivity (Wildman–Crippen MR) is 78.5 cm³/mol. The average molecular weight is 327 g/mol. The Labute approximate surface area is 122 Å². The van der Waals surface area contributed by atoms with Gasteiger partial charge in [-0.15, -0.1) is 0 Å². The molecule has 1 rings (SSSR count). The Morgan fingerprint density at radius 2 is 2.11 bits per heavy atom. The second kappa shape index (κ2) is 7.28. The van der Waals surface area contributed by atoms with Gasteiger partial charge in [-0.3, -0.25) is 9.59 Å². The van der Waals surface area contributed by atoms with Crippen molar-refractivity contribution in [1.29, 1.82) is 0 Å². The molecule has 0 bridgehead atoms. The van der Waals surface area contributed by atoms with Crippen molar-refractivity contribution in [2.75, 3.05) is 7.05 Å². The lowest BCUT2D eigenvalue weighted by molar-refractivity contribution is -0.140. The van der Waals surface area contributed by atoms with E-state index >= 15 is 0 Å². The molecule has 104 valence electrons. The Balaban J connectivity index is 2.92. The lowest BCUT2D eigenvalue weighted by atomic mass is 10.1. The molecule has 0 aliphatic rings. The number of nitrogens with zero attached hydrogens (tertiary/aromatic N) is 1. The van der Waals surface area contributed by atoms with E-state index in [1.54, 1.807) is 25.8 Å². The number of likely N-dealkylation sites (N-methyl/N-ethyl adjacent to an activating group) is 1. The topological polar surface area (TPSA) is 49.4 Å². The van der Waals surface area contributed by atoms with Crippen LogP contribution < -0.4 is 5.32 Å². The van der Waals surface area contributed by atoms with E-state index in [0.717, 1.165) is 10.0 Å². The molecule has 0 radical (unpaired) electrons. The molecule has 19 heavy (non-hydrogen) atoms. The molecular formula is C14H19BrN2O2. The van der Waals surface area contributed by atoms with Crippen LogP contribution in [0.25, 0.3) is 0 Å². The Kier molecular flexibility index (Phi) is 6.02. The van der Waals surface area contributed by atoms with E-state index in [0.29, 0.717) is 13.0 Å². The molecule has 0 saturated heterocycles. The van der Waals surface area contributed by atoms with Crippen molar-refractivity contribution in [1.82, 2.24) is 10.2 Å². The fraction of sp³-hybridized carbons (Fsp3) is 0.429. The van der Waals surface area contributed by atoms with Crippen LogP contribution in [0, 0.1) is 0 Å². The smallest absolute Gasteiger partial charge is 0.242 e. The summed E-state index contributed by atoms with van der Waals surface area (Å²) in [6, 6.07) is 7.26. The van der Waals surface area contributed by atoms with Gasteiger partial charge in [0, 0.05) is 24.5 Å². The molecule has 0 fully saturated rings. The van der Waals surface area contributed by atoms with Gasteiger partial charge in [0.25, 0.3) is 0 Å². The first-order valence-electron chi connectivity index (χ1n) is 6.25. The maximum absolute atomic E-state index is 12.0. The number of carbonyl (C=O) groups excluding carboxylic acids is 2. The van der Waals surface area contributed by atoms with Gasteiger partial charge in [-0.2, -0.15) is 0 Å². The van der Waals surface area contributed by atoms with Gasteiger partial charge in [0.2, 0.25) is 11.8 Å². The molecule has 1 unspecified atom stereocenters. The van der Waals surface area contributed by atoms with E-state index in [9.17, 15) is 9.59 Å². The van der Waals surface area contributed by atoms with Crippen LogP contribution in [0.1, 0.15) is 25.8 Å². The molecule has 2 amide bonds. The van der Waals surface area contributed by atoms with Crippen molar-refractivity contribution in [3.63, 3.8) is 0 Å². The van der Waals surface area contributed by atoms with Crippen molar-refractivity contribution in [2.24, 2.45) is 0 Å². The highest BCUT2D eigenvalue weighted by atomic mass is 79.9. The molecule has 0 aliphatic heterocycles. The standard InChI is InChI=1S/C14H19BrN2O2/c1-4-13(18)17(10(2)14(19)16-3)9-11-6-5-7-12(15)8-11/h5-8,10H,4,9H2,1-3H3,(H,16,19). The first kappa shape index (κ1) is 15.7. The number of hydrogen-bond acceptors (Lipinski definition) is 2. The summed E-state index contributed by atoms with van der Waals surface area (Å²) in [4.78, 5) is 25.3. The van der Waals surface area contributed by atoms with Crippen molar-refractivity contribution < 1.29 is 9.59 Å². The first-order chi connectivity index (χ1) is 8.99. The zero-order valence-corrected chi connectivity index (χ0v) is 13.0. The summed E-state index contributed by atoms with van der Waals surface area (Å²) in [5.74, 6) is -0.187. The van der Waals surface area contributed by atoms with E-state index < -0.39 is 6.04 Å². The highest BCUT2D eigenvalue weighted by Crippen LogP contribution is 2.15. The summed E-state index contributed by atoms with van der Waals surface area (Å²) in [5, 5.41) is 2.58. The van der Waals surface area contributed by atoms with Crippen LogP contribution in [0.5, 0.6) is 0 Å². The van der Waals surface area contributed by atoms with Gasteiger partial charge < -0.3 is 10.2 Å². The van der Waals surface area contributed by atoms with E-state index in [1.165, 1.54) is 0 Å². The van der Waals surface area contributed by atoms with Gasteiger partial charge in [-0.25, -0.2) is 0 Å². The quantitative estimate of drug-likeness (QED) is 0.902. The molecule has 1 atom stereocenters. The van der Waals surface area contributed by atoms with Crippen molar-refractivity contribution in [3.05, 3.63) is 34.3 Å². The molecule has 0 aromatic heterocycles. The Morgan fingerprint density at radius 3 is 2.63 bits per heavy atom. The zero-order chi connectivity index (χ0) is 14.4. The van der Waals surface area contributed by atoms with Gasteiger partial charge >= 0.3 is 0 Å². The number of rotatable bonds is 5. The third-order valence-corrected chi connectivity index (χ3v) is 3.45. The van der Waals surface area contributed by atoms with E-state index in [2.05, 4.69) is 21.2 Å². The van der Waals surface area contributed by atoms with Gasteiger partial charge in [0.05, 0.1) is 0 Å². The molecule has 0 spiro atoms. The molecule has 4 nitrogen and oxygen atoms in total. The van der Waals surface area contributed by atoms with Gasteiger partial charge in [-0.1, -0.05) is 35.0 Å². The highest BCUT2D eigenvalue weighted by Gasteiger charge is 2.24. The molecule has 1 aromatic rings. The summed E-state index contributed by atoms with van der Waals surface area (Å²) < 4.78 is 0.960. The second-order valence-corrected chi connectivity index (χ2v) is 5.21. The third kappa shape index (κ3) is 4.35. The summed E-state index contributed by atoms with van der Waals surface area (Å²) in [6.07, 6.45) is 0.384. The number of halogens is 1. The maximum Gasteiger partial charge on any atom is 0.242 e. The normalized spacial score (nSPS) is 11.8. The summed E-state index contributed by atoms with van der Waals surface area (Å²) in [5.41, 5.74) is 0.993. The Bertz CT molecular complexity index is 463. The van der Waals surface area contributed by atoms with E-state index in [-0.39, 0.29) is 11.8 Å². The molecule has 1 N–H and O–H groups in total. The Hall–Kier alpha value is -1.36. The minimum absolute atomic E-state index is 0.0314. The summed E-state index contributed by atoms with van der Waals surface area (Å²) >= 11 is 3.40. The number of carbonyl (C=O) groups is 2.